The average molecular weight is 422 g/mol. The van der Waals surface area contributed by atoms with E-state index in [1.54, 1.807) is 0 Å². The van der Waals surface area contributed by atoms with Gasteiger partial charge in [0.25, 0.3) is 0 Å². The number of alkyl halides is 6. The Morgan fingerprint density at radius 1 is 1.00 bits per heavy atom. The van der Waals surface area contributed by atoms with Gasteiger partial charge in [0.15, 0.2) is 0 Å². The molecule has 0 saturated carbocycles. The number of hydrogen-bond donors (Lipinski definition) is 2. The fourth-order valence-electron chi connectivity index (χ4n) is 3.00. The Morgan fingerprint density at radius 2 is 1.48 bits per heavy atom. The van der Waals surface area contributed by atoms with E-state index in [-0.39, 0.29) is 11.6 Å². The van der Waals surface area contributed by atoms with E-state index < -0.39 is 58.5 Å². The van der Waals surface area contributed by atoms with Crippen molar-refractivity contribution in [3.63, 3.8) is 0 Å². The molecule has 3 N–H and O–H groups in total. The maximum Gasteiger partial charge on any atom is 0.416 e. The van der Waals surface area contributed by atoms with Crippen LogP contribution in [0, 0.1) is 0 Å². The first kappa shape index (κ1) is 22.3. The molecule has 2 amide bonds. The van der Waals surface area contributed by atoms with E-state index in [0.717, 1.165) is 17.1 Å². The number of allylic oxidation sites excluding steroid dienone is 2. The highest BCUT2D eigenvalue weighted by atomic mass is 19.4. The van der Waals surface area contributed by atoms with Crippen molar-refractivity contribution in [1.82, 2.24) is 4.90 Å². The summed E-state index contributed by atoms with van der Waals surface area (Å²) in [5.41, 5.74) is -1.45. The summed E-state index contributed by atoms with van der Waals surface area (Å²) in [5.74, 6) is -2.92. The highest BCUT2D eigenvalue weighted by Crippen LogP contribution is 2.44. The van der Waals surface area contributed by atoms with E-state index in [0.29, 0.717) is 12.1 Å². The zero-order valence-electron chi connectivity index (χ0n) is 15.1. The number of benzene rings is 1. The molecule has 1 atom stereocenters. The summed E-state index contributed by atoms with van der Waals surface area (Å²) in [7, 11) is 2.72. The maximum atomic E-state index is 13.2. The van der Waals surface area contributed by atoms with E-state index in [1.165, 1.54) is 14.1 Å². The molecule has 0 fully saturated rings. The van der Waals surface area contributed by atoms with E-state index in [9.17, 15) is 41.0 Å². The minimum atomic E-state index is -5.17. The van der Waals surface area contributed by atoms with Crippen LogP contribution in [0.2, 0.25) is 0 Å². The third-order valence-electron chi connectivity index (χ3n) is 4.52. The number of amides is 2. The first-order valence-corrected chi connectivity index (χ1v) is 8.02. The van der Waals surface area contributed by atoms with Crippen LogP contribution in [-0.4, -0.2) is 35.9 Å². The van der Waals surface area contributed by atoms with E-state index in [1.807, 2.05) is 0 Å². The Bertz CT molecular complexity index is 883. The molecule has 0 bridgehead atoms. The number of aliphatic hydroxyl groups is 1. The van der Waals surface area contributed by atoms with Gasteiger partial charge >= 0.3 is 12.4 Å². The van der Waals surface area contributed by atoms with Crippen LogP contribution in [0.15, 0.2) is 41.7 Å². The monoisotopic (exact) mass is 422 g/mol. The Hall–Kier alpha value is -2.98. The van der Waals surface area contributed by atoms with Gasteiger partial charge in [0, 0.05) is 26.1 Å². The molecule has 158 valence electrons. The Kier molecular flexibility index (Phi) is 5.48. The molecular weight excluding hydrogens is 406 g/mol. The molecular formula is C18H16F6N2O3. The van der Waals surface area contributed by atoms with Crippen LogP contribution in [0.4, 0.5) is 26.3 Å². The molecule has 0 aromatic heterocycles. The highest BCUT2D eigenvalue weighted by Gasteiger charge is 2.48. The molecule has 11 heteroatoms. The summed E-state index contributed by atoms with van der Waals surface area (Å²) in [5, 5.41) is 10.3. The van der Waals surface area contributed by atoms with Crippen molar-refractivity contribution in [1.29, 1.82) is 0 Å². The summed E-state index contributed by atoms with van der Waals surface area (Å²) in [6.45, 7) is 0. The van der Waals surface area contributed by atoms with E-state index in [4.69, 9.17) is 5.73 Å². The summed E-state index contributed by atoms with van der Waals surface area (Å²) < 4.78 is 79.2. The van der Waals surface area contributed by atoms with Crippen LogP contribution >= 0.6 is 0 Å². The lowest BCUT2D eigenvalue weighted by Crippen LogP contribution is -2.46. The number of carbonyl (C=O) groups excluding carboxylic acids is 2. The van der Waals surface area contributed by atoms with Crippen LogP contribution in [0.3, 0.4) is 0 Å². The first-order valence-electron chi connectivity index (χ1n) is 8.02. The number of rotatable bonds is 3. The zero-order valence-corrected chi connectivity index (χ0v) is 15.1. The number of carbonyl (C=O) groups is 2. The van der Waals surface area contributed by atoms with Gasteiger partial charge < -0.3 is 15.7 Å². The van der Waals surface area contributed by atoms with Gasteiger partial charge in [0.05, 0.1) is 11.1 Å². The average Bonchev–Trinajstić information content (AvgIpc) is 2.59. The summed E-state index contributed by atoms with van der Waals surface area (Å²) in [6, 6.07) is 0.518. The van der Waals surface area contributed by atoms with Crippen molar-refractivity contribution in [3.8, 4) is 0 Å². The normalized spacial score (nSPS) is 20.0. The fraction of sp³-hybridized carbons (Fsp3) is 0.333. The number of halogens is 6. The van der Waals surface area contributed by atoms with Gasteiger partial charge in [0.2, 0.25) is 11.8 Å². The van der Waals surface area contributed by atoms with Crippen molar-refractivity contribution in [2.75, 3.05) is 14.1 Å². The molecule has 1 unspecified atom stereocenters. The van der Waals surface area contributed by atoms with Crippen molar-refractivity contribution in [3.05, 3.63) is 58.4 Å². The smallest absolute Gasteiger partial charge is 0.416 e. The standard InChI is InChI=1S/C18H16F6N2O3/c1-26(2)14(28)9-3-4-13(27)16(8-9,15(25)29)10-5-11(17(19,20)21)7-12(6-10)18(22,23)24/h3-7,27H,8H2,1-2H3,(H2,25,29). The third kappa shape index (κ3) is 4.08. The molecule has 1 aromatic carbocycles. The Morgan fingerprint density at radius 3 is 1.86 bits per heavy atom. The maximum absolute atomic E-state index is 13.2. The Balaban J connectivity index is 2.80. The molecule has 29 heavy (non-hydrogen) atoms. The summed E-state index contributed by atoms with van der Waals surface area (Å²) in [6.07, 6.45) is -9.06. The van der Waals surface area contributed by atoms with E-state index >= 15 is 0 Å². The second-order valence-corrected chi connectivity index (χ2v) is 6.68. The molecule has 0 aliphatic heterocycles. The van der Waals surface area contributed by atoms with Crippen LogP contribution in [0.5, 0.6) is 0 Å². The number of likely N-dealkylation sites (N-methyl/N-ethyl adjacent to an activating group) is 1. The lowest BCUT2D eigenvalue weighted by atomic mass is 9.70. The van der Waals surface area contributed by atoms with Gasteiger partial charge in [-0.1, -0.05) is 6.08 Å². The van der Waals surface area contributed by atoms with Crippen LogP contribution < -0.4 is 5.73 Å². The number of primary amides is 1. The Labute approximate surface area is 161 Å². The molecule has 1 aliphatic rings. The van der Waals surface area contributed by atoms with Gasteiger partial charge in [0.1, 0.15) is 11.2 Å². The van der Waals surface area contributed by atoms with Gasteiger partial charge in [-0.25, -0.2) is 0 Å². The molecule has 0 heterocycles. The second-order valence-electron chi connectivity index (χ2n) is 6.68. The minimum Gasteiger partial charge on any atom is -0.511 e. The molecule has 5 nitrogen and oxygen atoms in total. The third-order valence-corrected chi connectivity index (χ3v) is 4.52. The predicted octanol–water partition coefficient (Wildman–Crippen LogP) is 3.31. The van der Waals surface area contributed by atoms with Crippen molar-refractivity contribution < 1.29 is 41.0 Å². The minimum absolute atomic E-state index is 0.108. The zero-order chi connectivity index (χ0) is 22.4. The first-order chi connectivity index (χ1) is 13.1. The lowest BCUT2D eigenvalue weighted by molar-refractivity contribution is -0.143. The van der Waals surface area contributed by atoms with Gasteiger partial charge in [-0.05, 0) is 29.8 Å². The fourth-order valence-corrected chi connectivity index (χ4v) is 3.00. The van der Waals surface area contributed by atoms with Crippen LogP contribution in [-0.2, 0) is 27.4 Å². The molecule has 1 aromatic rings. The number of nitrogens with zero attached hydrogens (tertiary/aromatic N) is 1. The number of hydrogen-bond acceptors (Lipinski definition) is 3. The number of nitrogens with two attached hydrogens (primary N) is 1. The van der Waals surface area contributed by atoms with Crippen LogP contribution in [0.25, 0.3) is 0 Å². The molecule has 0 saturated heterocycles. The quantitative estimate of drug-likeness (QED) is 0.734. The van der Waals surface area contributed by atoms with Crippen molar-refractivity contribution in [2.45, 2.75) is 24.2 Å². The van der Waals surface area contributed by atoms with Gasteiger partial charge in [-0.2, -0.15) is 26.3 Å². The van der Waals surface area contributed by atoms with Gasteiger partial charge in [-0.15, -0.1) is 0 Å². The highest BCUT2D eigenvalue weighted by molar-refractivity contribution is 5.98. The van der Waals surface area contributed by atoms with Crippen molar-refractivity contribution in [2.24, 2.45) is 5.73 Å². The largest absolute Gasteiger partial charge is 0.511 e. The summed E-state index contributed by atoms with van der Waals surface area (Å²) in [4.78, 5) is 25.6. The van der Waals surface area contributed by atoms with Crippen molar-refractivity contribution >= 4 is 11.8 Å². The molecule has 0 radical (unpaired) electrons. The second kappa shape index (κ2) is 7.12. The number of aliphatic hydroxyl groups excluding tert-OH is 1. The topological polar surface area (TPSA) is 83.6 Å². The summed E-state index contributed by atoms with van der Waals surface area (Å²) >= 11 is 0. The molecule has 2 rings (SSSR count). The van der Waals surface area contributed by atoms with Crippen LogP contribution in [0.1, 0.15) is 23.1 Å². The predicted molar refractivity (Wildman–Crippen MR) is 89.4 cm³/mol. The molecule has 1 aliphatic carbocycles. The molecule has 0 spiro atoms. The van der Waals surface area contributed by atoms with Gasteiger partial charge in [-0.3, -0.25) is 9.59 Å². The SMILES string of the molecule is CN(C)C(=O)C1=CC=C(O)C(C(N)=O)(c2cc(C(F)(F)F)cc(C(F)(F)F)c2)C1. The lowest BCUT2D eigenvalue weighted by Gasteiger charge is -2.34. The van der Waals surface area contributed by atoms with E-state index in [2.05, 4.69) is 0 Å².